The molecule has 0 atom stereocenters. The Bertz CT molecular complexity index is 1470. The normalized spacial score (nSPS) is 11.7. The number of rotatable bonds is 8. The van der Waals surface area contributed by atoms with E-state index in [2.05, 4.69) is 10.0 Å². The van der Waals surface area contributed by atoms with Crippen LogP contribution in [0.4, 0.5) is 17.1 Å². The highest BCUT2D eigenvalue weighted by Crippen LogP contribution is 2.28. The molecule has 0 fully saturated rings. The van der Waals surface area contributed by atoms with Crippen LogP contribution >= 0.6 is 11.6 Å². The second kappa shape index (κ2) is 10.3. The first-order chi connectivity index (χ1) is 16.3. The average molecular weight is 536 g/mol. The van der Waals surface area contributed by atoms with Gasteiger partial charge in [0.2, 0.25) is 15.9 Å². The van der Waals surface area contributed by atoms with E-state index < -0.39 is 32.5 Å². The Morgan fingerprint density at radius 3 is 2.20 bits per heavy atom. The zero-order chi connectivity index (χ0) is 26.0. The molecule has 0 radical (unpaired) electrons. The minimum atomic E-state index is -3.84. The van der Waals surface area contributed by atoms with E-state index >= 15 is 0 Å². The van der Waals surface area contributed by atoms with Crippen LogP contribution in [0.25, 0.3) is 0 Å². The van der Waals surface area contributed by atoms with Gasteiger partial charge >= 0.3 is 0 Å². The number of benzene rings is 3. The summed E-state index contributed by atoms with van der Waals surface area (Å²) < 4.78 is 53.8. The van der Waals surface area contributed by atoms with Gasteiger partial charge in [0.15, 0.2) is 0 Å². The number of nitrogens with zero attached hydrogens (tertiary/aromatic N) is 1. The molecule has 0 saturated carbocycles. The molecule has 11 heteroatoms. The lowest BCUT2D eigenvalue weighted by molar-refractivity contribution is -0.114. The molecular weight excluding hydrogens is 510 g/mol. The van der Waals surface area contributed by atoms with Crippen LogP contribution in [0.15, 0.2) is 65.6 Å². The summed E-state index contributed by atoms with van der Waals surface area (Å²) in [5.41, 5.74) is 3.43. The number of carbonyl (C=O) groups is 1. The van der Waals surface area contributed by atoms with Crippen molar-refractivity contribution in [3.63, 3.8) is 0 Å². The molecule has 0 aromatic heterocycles. The number of nitrogens with one attached hydrogen (secondary N) is 2. The van der Waals surface area contributed by atoms with Crippen molar-refractivity contribution >= 4 is 54.6 Å². The second-order valence-electron chi connectivity index (χ2n) is 8.15. The third kappa shape index (κ3) is 6.53. The summed E-state index contributed by atoms with van der Waals surface area (Å²) in [5.74, 6) is -0.598. The van der Waals surface area contributed by atoms with Crippen molar-refractivity contribution < 1.29 is 21.6 Å². The van der Waals surface area contributed by atoms with E-state index in [9.17, 15) is 21.6 Å². The van der Waals surface area contributed by atoms with Gasteiger partial charge in [-0.1, -0.05) is 35.4 Å². The van der Waals surface area contributed by atoms with Gasteiger partial charge in [0.05, 0.1) is 22.5 Å². The molecule has 0 saturated heterocycles. The van der Waals surface area contributed by atoms with Crippen molar-refractivity contribution in [3.8, 4) is 0 Å². The van der Waals surface area contributed by atoms with Gasteiger partial charge in [-0.2, -0.15) is 0 Å². The zero-order valence-electron chi connectivity index (χ0n) is 19.7. The van der Waals surface area contributed by atoms with E-state index in [1.165, 1.54) is 24.3 Å². The number of amides is 1. The number of anilines is 3. The number of aryl methyl sites for hydroxylation is 2. The smallest absolute Gasteiger partial charge is 0.261 e. The molecule has 0 spiro atoms. The van der Waals surface area contributed by atoms with Crippen molar-refractivity contribution in [3.05, 3.63) is 82.4 Å². The lowest BCUT2D eigenvalue weighted by atomic mass is 10.1. The molecule has 35 heavy (non-hydrogen) atoms. The number of hydrogen-bond donors (Lipinski definition) is 2. The third-order valence-corrected chi connectivity index (χ3v) is 8.19. The Morgan fingerprint density at radius 2 is 1.60 bits per heavy atom. The van der Waals surface area contributed by atoms with Crippen LogP contribution in [0.5, 0.6) is 0 Å². The van der Waals surface area contributed by atoms with E-state index in [-0.39, 0.29) is 4.90 Å². The first kappa shape index (κ1) is 26.5. The van der Waals surface area contributed by atoms with Crippen LogP contribution in [0.3, 0.4) is 0 Å². The summed E-state index contributed by atoms with van der Waals surface area (Å²) in [4.78, 5) is 12.7. The van der Waals surface area contributed by atoms with E-state index in [0.29, 0.717) is 27.6 Å². The van der Waals surface area contributed by atoms with Crippen LogP contribution in [0.1, 0.15) is 16.7 Å². The summed E-state index contributed by atoms with van der Waals surface area (Å²) in [7, 11) is -7.62. The predicted molar refractivity (Wildman–Crippen MR) is 140 cm³/mol. The van der Waals surface area contributed by atoms with Crippen molar-refractivity contribution in [2.45, 2.75) is 25.7 Å². The van der Waals surface area contributed by atoms with Gasteiger partial charge in [-0.3, -0.25) is 13.8 Å². The van der Waals surface area contributed by atoms with Gasteiger partial charge in [-0.05, 0) is 74.4 Å². The van der Waals surface area contributed by atoms with E-state index in [4.69, 9.17) is 11.6 Å². The van der Waals surface area contributed by atoms with Crippen LogP contribution in [0.2, 0.25) is 5.02 Å². The highest BCUT2D eigenvalue weighted by molar-refractivity contribution is 7.92. The molecule has 0 aliphatic rings. The third-order valence-electron chi connectivity index (χ3n) is 5.27. The quantitative estimate of drug-likeness (QED) is 0.442. The Hall–Kier alpha value is -3.08. The van der Waals surface area contributed by atoms with E-state index in [1.807, 2.05) is 26.0 Å². The Morgan fingerprint density at radius 1 is 0.943 bits per heavy atom. The van der Waals surface area contributed by atoms with Crippen LogP contribution in [-0.4, -0.2) is 35.5 Å². The molecule has 0 unspecified atom stereocenters. The maximum Gasteiger partial charge on any atom is 0.261 e. The van der Waals surface area contributed by atoms with E-state index in [0.717, 1.165) is 21.7 Å². The molecule has 186 valence electrons. The fourth-order valence-corrected chi connectivity index (χ4v) is 5.63. The zero-order valence-corrected chi connectivity index (χ0v) is 22.1. The van der Waals surface area contributed by atoms with E-state index in [1.54, 1.807) is 31.2 Å². The molecule has 3 rings (SSSR count). The Balaban J connectivity index is 1.75. The molecule has 2 N–H and O–H groups in total. The topological polar surface area (TPSA) is 113 Å². The fraction of sp³-hybridized carbons (Fsp3) is 0.208. The van der Waals surface area contributed by atoms with Gasteiger partial charge in [-0.15, -0.1) is 0 Å². The Labute approximate surface area is 211 Å². The highest BCUT2D eigenvalue weighted by Gasteiger charge is 2.23. The molecule has 0 aliphatic heterocycles. The van der Waals surface area contributed by atoms with Crippen molar-refractivity contribution in [2.24, 2.45) is 0 Å². The van der Waals surface area contributed by atoms with Crippen LogP contribution in [-0.2, 0) is 24.8 Å². The fourth-order valence-electron chi connectivity index (χ4n) is 3.43. The maximum atomic E-state index is 12.8. The minimum Gasteiger partial charge on any atom is -0.325 e. The number of hydrogen-bond acceptors (Lipinski definition) is 5. The van der Waals surface area contributed by atoms with Crippen molar-refractivity contribution in [1.29, 1.82) is 0 Å². The first-order valence-electron chi connectivity index (χ1n) is 10.5. The standard InChI is InChI=1S/C24H26ClN3O5S2/c1-16-8-13-22(17(2)14-16)27-35(32,33)20-11-9-19(10-12-20)26-24(29)15-28(34(4,30)31)23-7-5-6-21(25)18(23)3/h5-14,27H,15H2,1-4H3,(H,26,29). The molecule has 0 bridgehead atoms. The largest absolute Gasteiger partial charge is 0.325 e. The monoisotopic (exact) mass is 535 g/mol. The predicted octanol–water partition coefficient (Wildman–Crippen LogP) is 4.47. The lowest BCUT2D eigenvalue weighted by Crippen LogP contribution is -2.37. The van der Waals surface area contributed by atoms with Crippen molar-refractivity contribution in [1.82, 2.24) is 0 Å². The molecule has 3 aromatic rings. The summed E-state index contributed by atoms with van der Waals surface area (Å²) in [6.45, 7) is 4.92. The van der Waals surface area contributed by atoms with Gasteiger partial charge in [0, 0.05) is 10.7 Å². The number of carbonyl (C=O) groups excluding carboxylic acids is 1. The van der Waals surface area contributed by atoms with Crippen LogP contribution in [0, 0.1) is 20.8 Å². The Kier molecular flexibility index (Phi) is 7.78. The maximum absolute atomic E-state index is 12.8. The molecule has 3 aromatic carbocycles. The highest BCUT2D eigenvalue weighted by atomic mass is 35.5. The van der Waals surface area contributed by atoms with Gasteiger partial charge in [0.1, 0.15) is 6.54 Å². The first-order valence-corrected chi connectivity index (χ1v) is 14.2. The van der Waals surface area contributed by atoms with Gasteiger partial charge < -0.3 is 5.32 Å². The SMILES string of the molecule is Cc1ccc(NS(=O)(=O)c2ccc(NC(=O)CN(c3cccc(Cl)c3C)S(C)(=O)=O)cc2)c(C)c1. The molecule has 8 nitrogen and oxygen atoms in total. The average Bonchev–Trinajstić information content (AvgIpc) is 2.76. The summed E-state index contributed by atoms with van der Waals surface area (Å²) in [5, 5.41) is 2.98. The lowest BCUT2D eigenvalue weighted by Gasteiger charge is -2.24. The minimum absolute atomic E-state index is 0.0165. The van der Waals surface area contributed by atoms with Gasteiger partial charge in [-0.25, -0.2) is 16.8 Å². The number of sulfonamides is 2. The molecule has 1 amide bonds. The summed E-state index contributed by atoms with van der Waals surface area (Å²) >= 11 is 6.12. The summed E-state index contributed by atoms with van der Waals surface area (Å²) in [6.07, 6.45) is 1.00. The van der Waals surface area contributed by atoms with Gasteiger partial charge in [0.25, 0.3) is 10.0 Å². The molecular formula is C24H26ClN3O5S2. The second-order valence-corrected chi connectivity index (χ2v) is 12.1. The molecule has 0 heterocycles. The van der Waals surface area contributed by atoms with Crippen molar-refractivity contribution in [2.75, 3.05) is 27.1 Å². The van der Waals surface area contributed by atoms with Crippen LogP contribution < -0.4 is 14.3 Å². The molecule has 0 aliphatic carbocycles. The summed E-state index contributed by atoms with van der Waals surface area (Å²) in [6, 6.07) is 15.8. The number of halogens is 1.